The number of ether oxygens (including phenoxy) is 1. The number of methoxy groups -OCH3 is 1. The molecule has 0 rings (SSSR count). The molecule has 0 radical (unpaired) electrons. The van der Waals surface area contributed by atoms with Crippen LogP contribution in [0.4, 0.5) is 0 Å². The molecule has 1 amide bonds. The summed E-state index contributed by atoms with van der Waals surface area (Å²) in [7, 11) is 1.42. The van der Waals surface area contributed by atoms with Gasteiger partial charge < -0.3 is 20.3 Å². The van der Waals surface area contributed by atoms with Crippen molar-refractivity contribution in [1.29, 1.82) is 0 Å². The Hall–Kier alpha value is -0.650. The Morgan fingerprint density at radius 1 is 1.46 bits per heavy atom. The van der Waals surface area contributed by atoms with Gasteiger partial charge in [0.1, 0.15) is 5.60 Å². The summed E-state index contributed by atoms with van der Waals surface area (Å²) in [5.41, 5.74) is -0.942. The summed E-state index contributed by atoms with van der Waals surface area (Å²) in [6.45, 7) is 2.63. The maximum Gasteiger partial charge on any atom is 0.252 e. The highest BCUT2D eigenvalue weighted by Gasteiger charge is 2.28. The van der Waals surface area contributed by atoms with E-state index in [2.05, 4.69) is 5.32 Å². The van der Waals surface area contributed by atoms with Gasteiger partial charge in [-0.3, -0.25) is 4.79 Å². The molecule has 0 heterocycles. The standard InChI is InChI=1S/C8H17NO4/c1-8(2,13-3)7(12)9-6(4-10)5-11/h6,10-11H,4-5H2,1-3H3,(H,9,12). The van der Waals surface area contributed by atoms with Gasteiger partial charge in [-0.25, -0.2) is 0 Å². The van der Waals surface area contributed by atoms with Gasteiger partial charge >= 0.3 is 0 Å². The lowest BCUT2D eigenvalue weighted by Crippen LogP contribution is -2.50. The van der Waals surface area contributed by atoms with E-state index in [4.69, 9.17) is 14.9 Å². The number of hydrogen-bond acceptors (Lipinski definition) is 4. The minimum Gasteiger partial charge on any atom is -0.394 e. The predicted molar refractivity (Wildman–Crippen MR) is 47.2 cm³/mol. The Bertz CT molecular complexity index is 166. The molecule has 0 aliphatic rings. The third-order valence-electron chi connectivity index (χ3n) is 1.83. The van der Waals surface area contributed by atoms with Crippen LogP contribution in [0.3, 0.4) is 0 Å². The predicted octanol–water partition coefficient (Wildman–Crippen LogP) is -1.12. The lowest BCUT2D eigenvalue weighted by Gasteiger charge is -2.24. The average Bonchev–Trinajstić information content (AvgIpc) is 2.13. The summed E-state index contributed by atoms with van der Waals surface area (Å²) in [4.78, 5) is 11.4. The van der Waals surface area contributed by atoms with Gasteiger partial charge in [0.05, 0.1) is 19.3 Å². The Kier molecular flexibility index (Phi) is 4.90. The second-order valence-electron chi connectivity index (χ2n) is 3.25. The molecular formula is C8H17NO4. The number of hydrogen-bond donors (Lipinski definition) is 3. The monoisotopic (exact) mass is 191 g/mol. The first-order valence-electron chi connectivity index (χ1n) is 4.05. The van der Waals surface area contributed by atoms with Gasteiger partial charge in [-0.05, 0) is 13.8 Å². The molecule has 5 heteroatoms. The smallest absolute Gasteiger partial charge is 0.252 e. The SMILES string of the molecule is COC(C)(C)C(=O)NC(CO)CO. The number of rotatable bonds is 5. The molecule has 0 aliphatic carbocycles. The maximum atomic E-state index is 11.4. The molecule has 0 unspecified atom stereocenters. The Morgan fingerprint density at radius 2 is 1.92 bits per heavy atom. The Morgan fingerprint density at radius 3 is 2.23 bits per heavy atom. The second kappa shape index (κ2) is 5.16. The number of nitrogens with one attached hydrogen (secondary N) is 1. The Labute approximate surface area is 77.7 Å². The summed E-state index contributed by atoms with van der Waals surface area (Å²) >= 11 is 0. The minimum absolute atomic E-state index is 0.290. The molecule has 0 aliphatic heterocycles. The molecule has 3 N–H and O–H groups in total. The molecule has 0 aromatic heterocycles. The number of aliphatic hydroxyl groups excluding tert-OH is 2. The largest absolute Gasteiger partial charge is 0.394 e. The van der Waals surface area contributed by atoms with Crippen molar-refractivity contribution in [2.75, 3.05) is 20.3 Å². The van der Waals surface area contributed by atoms with E-state index in [1.54, 1.807) is 13.8 Å². The van der Waals surface area contributed by atoms with Crippen LogP contribution in [-0.2, 0) is 9.53 Å². The first kappa shape index (κ1) is 12.3. The van der Waals surface area contributed by atoms with Gasteiger partial charge in [0, 0.05) is 7.11 Å². The Balaban J connectivity index is 4.13. The molecule has 5 nitrogen and oxygen atoms in total. The zero-order chi connectivity index (χ0) is 10.5. The summed E-state index contributed by atoms with van der Waals surface area (Å²) in [6, 6.07) is -0.623. The fraction of sp³-hybridized carbons (Fsp3) is 0.875. The highest BCUT2D eigenvalue weighted by atomic mass is 16.5. The van der Waals surface area contributed by atoms with Gasteiger partial charge in [0.25, 0.3) is 5.91 Å². The fourth-order valence-electron chi connectivity index (χ4n) is 0.601. The summed E-state index contributed by atoms with van der Waals surface area (Å²) in [5.74, 6) is -0.358. The molecule has 78 valence electrons. The zero-order valence-corrected chi connectivity index (χ0v) is 8.20. The van der Waals surface area contributed by atoms with Crippen LogP contribution >= 0.6 is 0 Å². The third kappa shape index (κ3) is 3.71. The molecule has 0 aromatic rings. The van der Waals surface area contributed by atoms with Gasteiger partial charge in [-0.1, -0.05) is 0 Å². The van der Waals surface area contributed by atoms with E-state index in [0.717, 1.165) is 0 Å². The van der Waals surface area contributed by atoms with E-state index in [-0.39, 0.29) is 19.1 Å². The van der Waals surface area contributed by atoms with Crippen molar-refractivity contribution in [3.05, 3.63) is 0 Å². The summed E-state index contributed by atoms with van der Waals surface area (Å²) in [6.07, 6.45) is 0. The van der Waals surface area contributed by atoms with Crippen molar-refractivity contribution in [2.45, 2.75) is 25.5 Å². The van der Waals surface area contributed by atoms with Crippen LogP contribution in [0.1, 0.15) is 13.8 Å². The second-order valence-corrected chi connectivity index (χ2v) is 3.25. The quantitative estimate of drug-likeness (QED) is 0.514. The molecule has 0 saturated carbocycles. The van der Waals surface area contributed by atoms with Crippen LogP contribution in [0.25, 0.3) is 0 Å². The van der Waals surface area contributed by atoms with Crippen molar-refractivity contribution < 1.29 is 19.7 Å². The minimum atomic E-state index is -0.942. The van der Waals surface area contributed by atoms with E-state index >= 15 is 0 Å². The average molecular weight is 191 g/mol. The van der Waals surface area contributed by atoms with Crippen LogP contribution < -0.4 is 5.32 Å². The maximum absolute atomic E-state index is 11.4. The van der Waals surface area contributed by atoms with E-state index in [1.165, 1.54) is 7.11 Å². The van der Waals surface area contributed by atoms with E-state index < -0.39 is 11.6 Å². The summed E-state index contributed by atoms with van der Waals surface area (Å²) in [5, 5.41) is 19.8. The van der Waals surface area contributed by atoms with Crippen molar-refractivity contribution >= 4 is 5.91 Å². The van der Waals surface area contributed by atoms with Crippen molar-refractivity contribution in [1.82, 2.24) is 5.32 Å². The van der Waals surface area contributed by atoms with Crippen molar-refractivity contribution in [3.63, 3.8) is 0 Å². The third-order valence-corrected chi connectivity index (χ3v) is 1.83. The van der Waals surface area contributed by atoms with Crippen LogP contribution in [0.15, 0.2) is 0 Å². The van der Waals surface area contributed by atoms with E-state index in [1.807, 2.05) is 0 Å². The molecule has 0 aromatic carbocycles. The molecule has 0 bridgehead atoms. The van der Waals surface area contributed by atoms with Crippen LogP contribution in [-0.4, -0.2) is 48.1 Å². The number of amides is 1. The van der Waals surface area contributed by atoms with Gasteiger partial charge in [-0.2, -0.15) is 0 Å². The fourth-order valence-corrected chi connectivity index (χ4v) is 0.601. The van der Waals surface area contributed by atoms with Gasteiger partial charge in [0.15, 0.2) is 0 Å². The van der Waals surface area contributed by atoms with Gasteiger partial charge in [0.2, 0.25) is 0 Å². The van der Waals surface area contributed by atoms with Crippen molar-refractivity contribution in [2.24, 2.45) is 0 Å². The van der Waals surface area contributed by atoms with Crippen LogP contribution in [0, 0.1) is 0 Å². The molecule has 0 spiro atoms. The molecule has 0 saturated heterocycles. The van der Waals surface area contributed by atoms with E-state index in [0.29, 0.717) is 0 Å². The number of aliphatic hydroxyl groups is 2. The molecule has 0 fully saturated rings. The molecule has 13 heavy (non-hydrogen) atoms. The van der Waals surface area contributed by atoms with E-state index in [9.17, 15) is 4.79 Å². The molecular weight excluding hydrogens is 174 g/mol. The highest BCUT2D eigenvalue weighted by Crippen LogP contribution is 2.07. The lowest BCUT2D eigenvalue weighted by atomic mass is 10.1. The van der Waals surface area contributed by atoms with Crippen LogP contribution in [0.2, 0.25) is 0 Å². The van der Waals surface area contributed by atoms with Gasteiger partial charge in [-0.15, -0.1) is 0 Å². The highest BCUT2D eigenvalue weighted by molar-refractivity contribution is 5.84. The zero-order valence-electron chi connectivity index (χ0n) is 8.20. The number of carbonyl (C=O) groups excluding carboxylic acids is 1. The van der Waals surface area contributed by atoms with Crippen molar-refractivity contribution in [3.8, 4) is 0 Å². The summed E-state index contributed by atoms with van der Waals surface area (Å²) < 4.78 is 4.91. The number of carbonyl (C=O) groups is 1. The topological polar surface area (TPSA) is 78.8 Å². The normalized spacial score (nSPS) is 11.8. The lowest BCUT2D eigenvalue weighted by molar-refractivity contribution is -0.140. The van der Waals surface area contributed by atoms with Crippen LogP contribution in [0.5, 0.6) is 0 Å². The first-order valence-corrected chi connectivity index (χ1v) is 4.05. The molecule has 0 atom stereocenters. The first-order chi connectivity index (χ1) is 5.97.